The van der Waals surface area contributed by atoms with E-state index < -0.39 is 0 Å². The van der Waals surface area contributed by atoms with E-state index in [9.17, 15) is 0 Å². The van der Waals surface area contributed by atoms with Crippen LogP contribution in [0, 0.1) is 0 Å². The molecule has 1 aliphatic rings. The molecule has 2 atom stereocenters. The molecule has 1 aliphatic heterocycles. The summed E-state index contributed by atoms with van der Waals surface area (Å²) in [6.45, 7) is 3.51. The van der Waals surface area contributed by atoms with Crippen LogP contribution in [0.4, 0.5) is 0 Å². The molecule has 0 radical (unpaired) electrons. The zero-order valence-electron chi connectivity index (χ0n) is 6.52. The lowest BCUT2D eigenvalue weighted by atomic mass is 10.1. The van der Waals surface area contributed by atoms with Gasteiger partial charge >= 0.3 is 0 Å². The summed E-state index contributed by atoms with van der Waals surface area (Å²) < 4.78 is 0. The summed E-state index contributed by atoms with van der Waals surface area (Å²) in [5, 5.41) is 3.30. The fourth-order valence-corrected chi connectivity index (χ4v) is 1.48. The van der Waals surface area contributed by atoms with Crippen molar-refractivity contribution in [2.45, 2.75) is 25.4 Å². The molecule has 1 fully saturated rings. The van der Waals surface area contributed by atoms with E-state index in [4.69, 9.17) is 0 Å². The number of hydrogen-bond donors (Lipinski definition) is 1. The third kappa shape index (κ3) is 1.25. The Hall–Kier alpha value is -0.0800. The summed E-state index contributed by atoms with van der Waals surface area (Å²) in [6, 6.07) is 1.44. The molecular formula is C7H16N2. The molecular weight excluding hydrogens is 112 g/mol. The van der Waals surface area contributed by atoms with Crippen LogP contribution in [-0.2, 0) is 0 Å². The SMILES string of the molecule is CN[C@H]1CCN(C)[C@@H]1C. The van der Waals surface area contributed by atoms with E-state index in [-0.39, 0.29) is 0 Å². The van der Waals surface area contributed by atoms with Crippen LogP contribution in [0.1, 0.15) is 13.3 Å². The quantitative estimate of drug-likeness (QED) is 0.546. The highest BCUT2D eigenvalue weighted by molar-refractivity contribution is 4.85. The first kappa shape index (κ1) is 7.03. The third-order valence-electron chi connectivity index (χ3n) is 2.44. The van der Waals surface area contributed by atoms with Gasteiger partial charge in [-0.05, 0) is 34.0 Å². The van der Waals surface area contributed by atoms with Crippen molar-refractivity contribution < 1.29 is 0 Å². The summed E-state index contributed by atoms with van der Waals surface area (Å²) in [5.41, 5.74) is 0. The number of rotatable bonds is 1. The van der Waals surface area contributed by atoms with Crippen molar-refractivity contribution >= 4 is 0 Å². The second-order valence-electron chi connectivity index (χ2n) is 2.91. The Morgan fingerprint density at radius 3 is 2.44 bits per heavy atom. The molecule has 1 heterocycles. The second kappa shape index (κ2) is 2.67. The number of likely N-dealkylation sites (tertiary alicyclic amines) is 1. The van der Waals surface area contributed by atoms with E-state index in [0.717, 1.165) is 12.1 Å². The van der Waals surface area contributed by atoms with Gasteiger partial charge < -0.3 is 10.2 Å². The zero-order chi connectivity index (χ0) is 6.85. The van der Waals surface area contributed by atoms with Crippen molar-refractivity contribution in [3.05, 3.63) is 0 Å². The number of nitrogens with one attached hydrogen (secondary N) is 1. The van der Waals surface area contributed by atoms with Crippen LogP contribution in [-0.4, -0.2) is 37.6 Å². The minimum atomic E-state index is 0.718. The van der Waals surface area contributed by atoms with E-state index in [1.165, 1.54) is 13.0 Å². The first-order valence-corrected chi connectivity index (χ1v) is 3.63. The van der Waals surface area contributed by atoms with Gasteiger partial charge in [0, 0.05) is 12.1 Å². The van der Waals surface area contributed by atoms with Crippen LogP contribution in [0.15, 0.2) is 0 Å². The average Bonchev–Trinajstić information content (AvgIpc) is 2.15. The number of nitrogens with zero attached hydrogens (tertiary/aromatic N) is 1. The lowest BCUT2D eigenvalue weighted by Crippen LogP contribution is -2.36. The lowest BCUT2D eigenvalue weighted by molar-refractivity contribution is 0.306. The van der Waals surface area contributed by atoms with Crippen molar-refractivity contribution in [1.29, 1.82) is 0 Å². The molecule has 0 bridgehead atoms. The highest BCUT2D eigenvalue weighted by Gasteiger charge is 2.25. The van der Waals surface area contributed by atoms with Gasteiger partial charge in [0.15, 0.2) is 0 Å². The summed E-state index contributed by atoms with van der Waals surface area (Å²) in [6.07, 6.45) is 1.30. The van der Waals surface area contributed by atoms with E-state index in [0.29, 0.717) is 0 Å². The van der Waals surface area contributed by atoms with Crippen LogP contribution in [0.5, 0.6) is 0 Å². The highest BCUT2D eigenvalue weighted by atomic mass is 15.2. The third-order valence-corrected chi connectivity index (χ3v) is 2.44. The van der Waals surface area contributed by atoms with Gasteiger partial charge in [0.2, 0.25) is 0 Å². The van der Waals surface area contributed by atoms with Gasteiger partial charge in [0.05, 0.1) is 0 Å². The van der Waals surface area contributed by atoms with E-state index in [1.54, 1.807) is 0 Å². The van der Waals surface area contributed by atoms with Crippen LogP contribution in [0.3, 0.4) is 0 Å². The van der Waals surface area contributed by atoms with Gasteiger partial charge in [-0.3, -0.25) is 0 Å². The first-order valence-electron chi connectivity index (χ1n) is 3.63. The highest BCUT2D eigenvalue weighted by Crippen LogP contribution is 2.13. The van der Waals surface area contributed by atoms with E-state index >= 15 is 0 Å². The van der Waals surface area contributed by atoms with Gasteiger partial charge in [0.1, 0.15) is 0 Å². The Morgan fingerprint density at radius 1 is 1.56 bits per heavy atom. The molecule has 2 heteroatoms. The van der Waals surface area contributed by atoms with Gasteiger partial charge in [-0.2, -0.15) is 0 Å². The number of likely N-dealkylation sites (N-methyl/N-ethyl adjacent to an activating group) is 2. The van der Waals surface area contributed by atoms with Crippen LogP contribution in [0.2, 0.25) is 0 Å². The molecule has 0 spiro atoms. The monoisotopic (exact) mass is 128 g/mol. The van der Waals surface area contributed by atoms with Crippen molar-refractivity contribution in [3.8, 4) is 0 Å². The molecule has 0 aromatic carbocycles. The summed E-state index contributed by atoms with van der Waals surface area (Å²) in [4.78, 5) is 2.39. The predicted molar refractivity (Wildman–Crippen MR) is 39.6 cm³/mol. The second-order valence-corrected chi connectivity index (χ2v) is 2.91. The summed E-state index contributed by atoms with van der Waals surface area (Å²) in [7, 11) is 4.22. The van der Waals surface area contributed by atoms with Crippen LogP contribution < -0.4 is 5.32 Å². The maximum Gasteiger partial charge on any atom is 0.0229 e. The molecule has 54 valence electrons. The minimum absolute atomic E-state index is 0.718. The van der Waals surface area contributed by atoms with Gasteiger partial charge in [-0.1, -0.05) is 0 Å². The standard InChI is InChI=1S/C7H16N2/c1-6-7(8-2)4-5-9(6)3/h6-8H,4-5H2,1-3H3/t6-,7+/m1/s1. The molecule has 1 saturated heterocycles. The zero-order valence-corrected chi connectivity index (χ0v) is 6.52. The van der Waals surface area contributed by atoms with Gasteiger partial charge in [0.25, 0.3) is 0 Å². The Morgan fingerprint density at radius 2 is 2.22 bits per heavy atom. The minimum Gasteiger partial charge on any atom is -0.315 e. The smallest absolute Gasteiger partial charge is 0.0229 e. The fourth-order valence-electron chi connectivity index (χ4n) is 1.48. The molecule has 9 heavy (non-hydrogen) atoms. The topological polar surface area (TPSA) is 15.3 Å². The van der Waals surface area contributed by atoms with E-state index in [2.05, 4.69) is 24.2 Å². The average molecular weight is 128 g/mol. The van der Waals surface area contributed by atoms with Crippen molar-refractivity contribution in [2.24, 2.45) is 0 Å². The van der Waals surface area contributed by atoms with Crippen molar-refractivity contribution in [3.63, 3.8) is 0 Å². The Kier molecular flexibility index (Phi) is 2.09. The van der Waals surface area contributed by atoms with Crippen LogP contribution in [0.25, 0.3) is 0 Å². The molecule has 0 aromatic rings. The summed E-state index contributed by atoms with van der Waals surface area (Å²) >= 11 is 0. The molecule has 0 aromatic heterocycles. The Balaban J connectivity index is 2.41. The van der Waals surface area contributed by atoms with Crippen molar-refractivity contribution in [2.75, 3.05) is 20.6 Å². The molecule has 0 unspecified atom stereocenters. The van der Waals surface area contributed by atoms with Gasteiger partial charge in [-0.25, -0.2) is 0 Å². The van der Waals surface area contributed by atoms with Crippen molar-refractivity contribution in [1.82, 2.24) is 10.2 Å². The molecule has 1 rings (SSSR count). The predicted octanol–water partition coefficient (Wildman–Crippen LogP) is 0.298. The number of hydrogen-bond acceptors (Lipinski definition) is 2. The maximum atomic E-state index is 3.30. The molecule has 2 nitrogen and oxygen atoms in total. The molecule has 0 amide bonds. The fraction of sp³-hybridized carbons (Fsp3) is 1.00. The molecule has 0 aliphatic carbocycles. The Bertz CT molecular complexity index is 92.9. The maximum absolute atomic E-state index is 3.30. The Labute approximate surface area is 57.2 Å². The first-order chi connectivity index (χ1) is 4.25. The largest absolute Gasteiger partial charge is 0.315 e. The van der Waals surface area contributed by atoms with Gasteiger partial charge in [-0.15, -0.1) is 0 Å². The molecule has 0 saturated carbocycles. The van der Waals surface area contributed by atoms with Crippen LogP contribution >= 0.6 is 0 Å². The molecule has 1 N–H and O–H groups in total. The normalized spacial score (nSPS) is 37.7. The van der Waals surface area contributed by atoms with E-state index in [1.807, 2.05) is 7.05 Å². The summed E-state index contributed by atoms with van der Waals surface area (Å²) in [5.74, 6) is 0. The lowest BCUT2D eigenvalue weighted by Gasteiger charge is -2.19.